The smallest absolute Gasteiger partial charge is 0.0704 e. The summed E-state index contributed by atoms with van der Waals surface area (Å²) in [6.45, 7) is 3.78. The van der Waals surface area contributed by atoms with Crippen molar-refractivity contribution >= 4 is 0 Å². The van der Waals surface area contributed by atoms with Crippen molar-refractivity contribution in [2.24, 2.45) is 11.1 Å². The first-order valence-corrected chi connectivity index (χ1v) is 7.81. The number of nitrogens with two attached hydrogens (primary N) is 1. The average molecular weight is 287 g/mol. The Bertz CT molecular complexity index is 269. The molecule has 2 aliphatic carbocycles. The van der Waals surface area contributed by atoms with Gasteiger partial charge in [0.1, 0.15) is 0 Å². The van der Waals surface area contributed by atoms with Gasteiger partial charge in [-0.25, -0.2) is 0 Å². The summed E-state index contributed by atoms with van der Waals surface area (Å²) < 4.78 is 21.7. The van der Waals surface area contributed by atoms with Crippen LogP contribution in [0.15, 0.2) is 0 Å². The van der Waals surface area contributed by atoms with Crippen LogP contribution in [-0.4, -0.2) is 58.9 Å². The molecule has 5 heteroatoms. The van der Waals surface area contributed by atoms with Crippen LogP contribution in [0.25, 0.3) is 0 Å². The van der Waals surface area contributed by atoms with E-state index in [1.807, 2.05) is 0 Å². The zero-order valence-corrected chi connectivity index (χ0v) is 12.6. The predicted molar refractivity (Wildman–Crippen MR) is 76.7 cm³/mol. The summed E-state index contributed by atoms with van der Waals surface area (Å²) in [5.74, 6) is 0. The van der Waals surface area contributed by atoms with E-state index in [9.17, 15) is 0 Å². The van der Waals surface area contributed by atoms with Crippen molar-refractivity contribution in [3.05, 3.63) is 0 Å². The largest absolute Gasteiger partial charge is 0.382 e. The van der Waals surface area contributed by atoms with Crippen LogP contribution < -0.4 is 5.73 Å². The summed E-state index contributed by atoms with van der Waals surface area (Å²) >= 11 is 0. The highest BCUT2D eigenvalue weighted by atomic mass is 16.6. The molecule has 2 atom stereocenters. The zero-order valence-electron chi connectivity index (χ0n) is 12.6. The molecule has 2 saturated carbocycles. The minimum Gasteiger partial charge on any atom is -0.382 e. The Labute approximate surface area is 122 Å². The maximum absolute atomic E-state index is 6.18. The molecule has 5 nitrogen and oxygen atoms in total. The van der Waals surface area contributed by atoms with E-state index in [2.05, 4.69) is 0 Å². The third kappa shape index (κ3) is 3.92. The topological polar surface area (TPSA) is 62.9 Å². The van der Waals surface area contributed by atoms with Crippen molar-refractivity contribution < 1.29 is 18.9 Å². The SMILES string of the molecule is COCCOCCOCCOC1CC(N)C12CCCC2. The van der Waals surface area contributed by atoms with Crippen molar-refractivity contribution in [2.75, 3.05) is 46.8 Å². The first-order chi connectivity index (χ1) is 9.79. The van der Waals surface area contributed by atoms with Gasteiger partial charge in [-0.05, 0) is 19.3 Å². The summed E-state index contributed by atoms with van der Waals surface area (Å²) in [5.41, 5.74) is 6.48. The second-order valence-electron chi connectivity index (χ2n) is 5.86. The molecule has 2 rings (SSSR count). The molecular formula is C15H29NO4. The molecule has 0 aromatic carbocycles. The van der Waals surface area contributed by atoms with Crippen molar-refractivity contribution in [1.29, 1.82) is 0 Å². The fourth-order valence-corrected chi connectivity index (χ4v) is 3.45. The highest BCUT2D eigenvalue weighted by molar-refractivity contribution is 5.08. The average Bonchev–Trinajstić information content (AvgIpc) is 2.97. The van der Waals surface area contributed by atoms with E-state index in [0.717, 1.165) is 6.42 Å². The van der Waals surface area contributed by atoms with Gasteiger partial charge in [0.2, 0.25) is 0 Å². The first-order valence-electron chi connectivity index (χ1n) is 7.81. The van der Waals surface area contributed by atoms with Crippen molar-refractivity contribution in [3.8, 4) is 0 Å². The van der Waals surface area contributed by atoms with Gasteiger partial charge in [-0.1, -0.05) is 12.8 Å². The summed E-state index contributed by atoms with van der Waals surface area (Å²) in [7, 11) is 1.67. The van der Waals surface area contributed by atoms with Crippen LogP contribution in [0.1, 0.15) is 32.1 Å². The Morgan fingerprint density at radius 2 is 1.55 bits per heavy atom. The summed E-state index contributed by atoms with van der Waals surface area (Å²) in [4.78, 5) is 0. The molecule has 0 amide bonds. The Morgan fingerprint density at radius 1 is 0.950 bits per heavy atom. The standard InChI is InChI=1S/C15H29NO4/c1-17-6-7-18-8-9-19-10-11-20-14-12-13(16)15(14)4-2-3-5-15/h13-14H,2-12,16H2,1H3. The summed E-state index contributed by atoms with van der Waals surface area (Å²) in [5, 5.41) is 0. The number of hydrogen-bond acceptors (Lipinski definition) is 5. The fraction of sp³-hybridized carbons (Fsp3) is 1.00. The van der Waals surface area contributed by atoms with Crippen LogP contribution in [0.4, 0.5) is 0 Å². The van der Waals surface area contributed by atoms with Gasteiger partial charge in [0.25, 0.3) is 0 Å². The van der Waals surface area contributed by atoms with Crippen LogP contribution in [0.3, 0.4) is 0 Å². The van der Waals surface area contributed by atoms with Crippen LogP contribution in [0.5, 0.6) is 0 Å². The highest BCUT2D eigenvalue weighted by Crippen LogP contribution is 2.53. The summed E-state index contributed by atoms with van der Waals surface area (Å²) in [6, 6.07) is 0.352. The van der Waals surface area contributed by atoms with Crippen molar-refractivity contribution in [1.82, 2.24) is 0 Å². The molecular weight excluding hydrogens is 258 g/mol. The van der Waals surface area contributed by atoms with E-state index >= 15 is 0 Å². The minimum atomic E-state index is 0.295. The lowest BCUT2D eigenvalue weighted by Gasteiger charge is -2.52. The molecule has 0 bridgehead atoms. The third-order valence-electron chi connectivity index (χ3n) is 4.73. The maximum Gasteiger partial charge on any atom is 0.0704 e. The Kier molecular flexibility index (Phi) is 6.71. The van der Waals surface area contributed by atoms with Gasteiger partial charge in [-0.15, -0.1) is 0 Å². The molecule has 0 aromatic heterocycles. The Morgan fingerprint density at radius 3 is 2.15 bits per heavy atom. The quantitative estimate of drug-likeness (QED) is 0.614. The van der Waals surface area contributed by atoms with Gasteiger partial charge >= 0.3 is 0 Å². The number of hydrogen-bond donors (Lipinski definition) is 1. The molecule has 0 aliphatic heterocycles. The van der Waals surface area contributed by atoms with E-state index in [1.165, 1.54) is 25.7 Å². The van der Waals surface area contributed by atoms with Crippen LogP contribution in [-0.2, 0) is 18.9 Å². The number of methoxy groups -OCH3 is 1. The lowest BCUT2D eigenvalue weighted by atomic mass is 9.61. The van der Waals surface area contributed by atoms with E-state index in [1.54, 1.807) is 7.11 Å². The van der Waals surface area contributed by atoms with Crippen molar-refractivity contribution in [2.45, 2.75) is 44.2 Å². The van der Waals surface area contributed by atoms with Crippen LogP contribution in [0, 0.1) is 5.41 Å². The fourth-order valence-electron chi connectivity index (χ4n) is 3.45. The molecule has 118 valence electrons. The van der Waals surface area contributed by atoms with E-state index < -0.39 is 0 Å². The van der Waals surface area contributed by atoms with Gasteiger partial charge in [0.15, 0.2) is 0 Å². The molecule has 20 heavy (non-hydrogen) atoms. The van der Waals surface area contributed by atoms with Gasteiger partial charge in [0, 0.05) is 18.6 Å². The zero-order chi connectivity index (χ0) is 14.3. The van der Waals surface area contributed by atoms with Gasteiger partial charge in [-0.3, -0.25) is 0 Å². The molecule has 2 fully saturated rings. The molecule has 0 heterocycles. The lowest BCUT2D eigenvalue weighted by molar-refractivity contribution is -0.133. The van der Waals surface area contributed by atoms with Gasteiger partial charge < -0.3 is 24.7 Å². The van der Waals surface area contributed by atoms with E-state index in [4.69, 9.17) is 24.7 Å². The van der Waals surface area contributed by atoms with E-state index in [0.29, 0.717) is 57.2 Å². The molecule has 0 radical (unpaired) electrons. The molecule has 2 unspecified atom stereocenters. The van der Waals surface area contributed by atoms with Crippen molar-refractivity contribution in [3.63, 3.8) is 0 Å². The molecule has 1 spiro atoms. The molecule has 2 N–H and O–H groups in total. The Balaban J connectivity index is 1.46. The maximum atomic E-state index is 6.18. The normalized spacial score (nSPS) is 27.9. The van der Waals surface area contributed by atoms with E-state index in [-0.39, 0.29) is 0 Å². The highest BCUT2D eigenvalue weighted by Gasteiger charge is 2.54. The lowest BCUT2D eigenvalue weighted by Crippen LogP contribution is -2.61. The second-order valence-corrected chi connectivity index (χ2v) is 5.86. The monoisotopic (exact) mass is 287 g/mol. The predicted octanol–water partition coefficient (Wildman–Crippen LogP) is 1.34. The van der Waals surface area contributed by atoms with Crippen LogP contribution in [0.2, 0.25) is 0 Å². The van der Waals surface area contributed by atoms with Gasteiger partial charge in [0.05, 0.1) is 45.7 Å². The number of rotatable bonds is 10. The molecule has 0 aromatic rings. The summed E-state index contributed by atoms with van der Waals surface area (Å²) in [6.07, 6.45) is 6.48. The first kappa shape index (κ1) is 16.2. The molecule has 2 aliphatic rings. The minimum absolute atomic E-state index is 0.295. The second kappa shape index (κ2) is 8.29. The number of ether oxygens (including phenoxy) is 4. The molecule has 0 saturated heterocycles. The van der Waals surface area contributed by atoms with Crippen LogP contribution >= 0.6 is 0 Å². The third-order valence-corrected chi connectivity index (χ3v) is 4.73. The van der Waals surface area contributed by atoms with Gasteiger partial charge in [-0.2, -0.15) is 0 Å². The Hall–Kier alpha value is -0.200.